The summed E-state index contributed by atoms with van der Waals surface area (Å²) in [7, 11) is -2.34. The van der Waals surface area contributed by atoms with E-state index in [1.165, 1.54) is 7.11 Å². The number of methoxy groups -OCH3 is 1. The first kappa shape index (κ1) is 18.6. The first-order chi connectivity index (χ1) is 11.3. The number of hydrogen-bond acceptors (Lipinski definition) is 3. The molecule has 0 saturated heterocycles. The highest BCUT2D eigenvalue weighted by Crippen LogP contribution is 2.33. The predicted molar refractivity (Wildman–Crippen MR) is 98.7 cm³/mol. The van der Waals surface area contributed by atoms with E-state index in [0.29, 0.717) is 29.3 Å². The summed E-state index contributed by atoms with van der Waals surface area (Å²) in [4.78, 5) is 0.120. The first-order valence-electron chi connectivity index (χ1n) is 7.81. The number of halogens is 1. The van der Waals surface area contributed by atoms with Gasteiger partial charge in [-0.3, -0.25) is 4.72 Å². The Bertz CT molecular complexity index is 848. The molecule has 0 heterocycles. The van der Waals surface area contributed by atoms with Crippen LogP contribution in [0.25, 0.3) is 0 Å². The van der Waals surface area contributed by atoms with E-state index in [1.807, 2.05) is 39.0 Å². The molecule has 0 aliphatic heterocycles. The molecule has 0 radical (unpaired) electrons. The molecular weight excluding hydrogens is 346 g/mol. The Morgan fingerprint density at radius 1 is 1.12 bits per heavy atom. The van der Waals surface area contributed by atoms with Crippen LogP contribution >= 0.6 is 11.6 Å². The number of sulfonamides is 1. The van der Waals surface area contributed by atoms with Crippen molar-refractivity contribution in [1.82, 2.24) is 0 Å². The molecular formula is C18H22ClNO3S. The number of benzene rings is 2. The van der Waals surface area contributed by atoms with Crippen molar-refractivity contribution in [2.75, 3.05) is 11.8 Å². The molecule has 0 bridgehead atoms. The van der Waals surface area contributed by atoms with E-state index in [1.54, 1.807) is 12.1 Å². The molecule has 0 atom stereocenters. The van der Waals surface area contributed by atoms with Crippen LogP contribution in [0, 0.1) is 6.92 Å². The van der Waals surface area contributed by atoms with Crippen molar-refractivity contribution in [1.29, 1.82) is 0 Å². The van der Waals surface area contributed by atoms with Crippen molar-refractivity contribution in [3.63, 3.8) is 0 Å². The predicted octanol–water partition coefficient (Wildman–Crippen LogP) is 4.58. The van der Waals surface area contributed by atoms with Crippen LogP contribution in [-0.2, 0) is 22.9 Å². The zero-order chi connectivity index (χ0) is 17.9. The average molecular weight is 368 g/mol. The van der Waals surface area contributed by atoms with Gasteiger partial charge in [0, 0.05) is 5.02 Å². The van der Waals surface area contributed by atoms with Gasteiger partial charge in [0.1, 0.15) is 10.6 Å². The molecule has 2 rings (SSSR count). The fourth-order valence-electron chi connectivity index (χ4n) is 2.62. The fourth-order valence-corrected chi connectivity index (χ4v) is 4.30. The van der Waals surface area contributed by atoms with Gasteiger partial charge in [-0.2, -0.15) is 0 Å². The van der Waals surface area contributed by atoms with Crippen molar-refractivity contribution >= 4 is 27.3 Å². The molecule has 0 aliphatic rings. The largest absolute Gasteiger partial charge is 0.495 e. The van der Waals surface area contributed by atoms with Crippen LogP contribution in [0.2, 0.25) is 5.02 Å². The summed E-state index contributed by atoms with van der Waals surface area (Å²) in [6.45, 7) is 5.77. The Morgan fingerprint density at radius 3 is 2.42 bits per heavy atom. The Hall–Kier alpha value is -1.72. The van der Waals surface area contributed by atoms with E-state index in [0.717, 1.165) is 16.7 Å². The SMILES string of the molecule is CCc1ccc(Cl)c(CC)c1NS(=O)(=O)c1cc(C)ccc1OC. The van der Waals surface area contributed by atoms with E-state index in [-0.39, 0.29) is 4.90 Å². The van der Waals surface area contributed by atoms with Gasteiger partial charge >= 0.3 is 0 Å². The van der Waals surface area contributed by atoms with Crippen LogP contribution < -0.4 is 9.46 Å². The summed E-state index contributed by atoms with van der Waals surface area (Å²) in [5.74, 6) is 0.311. The zero-order valence-electron chi connectivity index (χ0n) is 14.3. The molecule has 130 valence electrons. The van der Waals surface area contributed by atoms with E-state index in [9.17, 15) is 8.42 Å². The number of aryl methyl sites for hydroxylation is 2. The van der Waals surface area contributed by atoms with Gasteiger partial charge in [-0.05, 0) is 54.7 Å². The first-order valence-corrected chi connectivity index (χ1v) is 9.67. The van der Waals surface area contributed by atoms with Crippen LogP contribution in [0.4, 0.5) is 5.69 Å². The third-order valence-electron chi connectivity index (χ3n) is 3.92. The molecule has 0 aliphatic carbocycles. The molecule has 24 heavy (non-hydrogen) atoms. The summed E-state index contributed by atoms with van der Waals surface area (Å²) in [6, 6.07) is 8.73. The minimum absolute atomic E-state index is 0.120. The van der Waals surface area contributed by atoms with Gasteiger partial charge in [0.2, 0.25) is 0 Å². The highest BCUT2D eigenvalue weighted by Gasteiger charge is 2.23. The van der Waals surface area contributed by atoms with Gasteiger partial charge < -0.3 is 4.74 Å². The van der Waals surface area contributed by atoms with E-state index >= 15 is 0 Å². The molecule has 0 amide bonds. The van der Waals surface area contributed by atoms with Crippen molar-refractivity contribution < 1.29 is 13.2 Å². The lowest BCUT2D eigenvalue weighted by atomic mass is 10.0. The third-order valence-corrected chi connectivity index (χ3v) is 5.65. The lowest BCUT2D eigenvalue weighted by Gasteiger charge is -2.18. The topological polar surface area (TPSA) is 55.4 Å². The maximum atomic E-state index is 12.9. The smallest absolute Gasteiger partial charge is 0.265 e. The Morgan fingerprint density at radius 2 is 1.83 bits per heavy atom. The van der Waals surface area contributed by atoms with Crippen LogP contribution in [0.3, 0.4) is 0 Å². The molecule has 0 fully saturated rings. The fraction of sp³-hybridized carbons (Fsp3) is 0.333. The molecule has 4 nitrogen and oxygen atoms in total. The number of anilines is 1. The number of rotatable bonds is 6. The maximum Gasteiger partial charge on any atom is 0.265 e. The van der Waals surface area contributed by atoms with E-state index < -0.39 is 10.0 Å². The van der Waals surface area contributed by atoms with Gasteiger partial charge in [-0.15, -0.1) is 0 Å². The van der Waals surface area contributed by atoms with Crippen LogP contribution in [-0.4, -0.2) is 15.5 Å². The second-order valence-corrected chi connectivity index (χ2v) is 7.59. The molecule has 0 aromatic heterocycles. The summed E-state index contributed by atoms with van der Waals surface area (Å²) < 4.78 is 33.8. The van der Waals surface area contributed by atoms with Crippen molar-refractivity contribution in [3.05, 3.63) is 52.0 Å². The summed E-state index contributed by atoms with van der Waals surface area (Å²) >= 11 is 6.26. The van der Waals surface area contributed by atoms with Crippen LogP contribution in [0.1, 0.15) is 30.5 Å². The quantitative estimate of drug-likeness (QED) is 0.812. The van der Waals surface area contributed by atoms with E-state index in [2.05, 4.69) is 4.72 Å². The normalized spacial score (nSPS) is 11.4. The molecule has 2 aromatic carbocycles. The van der Waals surface area contributed by atoms with Gasteiger partial charge in [-0.25, -0.2) is 8.42 Å². The standard InChI is InChI=1S/C18H22ClNO3S/c1-5-13-8-9-15(19)14(6-2)18(13)20-24(21,22)17-11-12(3)7-10-16(17)23-4/h7-11,20H,5-6H2,1-4H3. The van der Waals surface area contributed by atoms with Crippen molar-refractivity contribution in [2.24, 2.45) is 0 Å². The van der Waals surface area contributed by atoms with Crippen molar-refractivity contribution in [2.45, 2.75) is 38.5 Å². The highest BCUT2D eigenvalue weighted by atomic mass is 35.5. The van der Waals surface area contributed by atoms with Gasteiger partial charge in [0.15, 0.2) is 0 Å². The second-order valence-electron chi connectivity index (χ2n) is 5.53. The van der Waals surface area contributed by atoms with Crippen molar-refractivity contribution in [3.8, 4) is 5.75 Å². The molecule has 0 spiro atoms. The van der Waals surface area contributed by atoms with E-state index in [4.69, 9.17) is 16.3 Å². The Kier molecular flexibility index (Phi) is 5.78. The molecule has 1 N–H and O–H groups in total. The van der Waals surface area contributed by atoms with Gasteiger partial charge in [0.25, 0.3) is 10.0 Å². The number of nitrogens with one attached hydrogen (secondary N) is 1. The Balaban J connectivity index is 2.59. The molecule has 0 unspecified atom stereocenters. The van der Waals surface area contributed by atoms with Crippen LogP contribution in [0.15, 0.2) is 35.2 Å². The molecule has 2 aromatic rings. The number of hydrogen-bond donors (Lipinski definition) is 1. The number of ether oxygens (including phenoxy) is 1. The molecule has 6 heteroatoms. The van der Waals surface area contributed by atoms with Gasteiger partial charge in [0.05, 0.1) is 12.8 Å². The third kappa shape index (κ3) is 3.68. The summed E-state index contributed by atoms with van der Waals surface area (Å²) in [5, 5.41) is 0.559. The monoisotopic (exact) mass is 367 g/mol. The zero-order valence-corrected chi connectivity index (χ0v) is 15.9. The maximum absolute atomic E-state index is 12.9. The second kappa shape index (κ2) is 7.45. The van der Waals surface area contributed by atoms with Crippen LogP contribution in [0.5, 0.6) is 5.75 Å². The van der Waals surface area contributed by atoms with Gasteiger partial charge in [-0.1, -0.05) is 37.6 Å². The minimum Gasteiger partial charge on any atom is -0.495 e. The summed E-state index contributed by atoms with van der Waals surface area (Å²) in [5.41, 5.74) is 3.11. The molecule has 0 saturated carbocycles. The lowest BCUT2D eigenvalue weighted by Crippen LogP contribution is -2.17. The highest BCUT2D eigenvalue weighted by molar-refractivity contribution is 7.92. The Labute approximate surface area is 148 Å². The minimum atomic E-state index is -3.79. The summed E-state index contributed by atoms with van der Waals surface area (Å²) in [6.07, 6.45) is 1.34. The average Bonchev–Trinajstić information content (AvgIpc) is 2.55. The lowest BCUT2D eigenvalue weighted by molar-refractivity contribution is 0.402.